The van der Waals surface area contributed by atoms with Gasteiger partial charge in [-0.15, -0.1) is 0 Å². The van der Waals surface area contributed by atoms with Crippen LogP contribution >= 0.6 is 15.9 Å². The Morgan fingerprint density at radius 2 is 1.72 bits per heavy atom. The maximum absolute atomic E-state index is 12.6. The lowest BCUT2D eigenvalue weighted by Gasteiger charge is -2.25. The van der Waals surface area contributed by atoms with Crippen LogP contribution in [0.25, 0.3) is 0 Å². The Morgan fingerprint density at radius 1 is 1.03 bits per heavy atom. The number of carbonyl (C=O) groups excluding carboxylic acids is 3. The molecule has 3 rings (SSSR count). The molecule has 186 valence electrons. The lowest BCUT2D eigenvalue weighted by atomic mass is 10.0. The van der Waals surface area contributed by atoms with Crippen molar-refractivity contribution in [2.75, 3.05) is 18.2 Å². The Labute approximate surface area is 216 Å². The van der Waals surface area contributed by atoms with Gasteiger partial charge < -0.3 is 25.6 Å². The zero-order valence-electron chi connectivity index (χ0n) is 19.2. The smallest absolute Gasteiger partial charge is 0.414 e. The lowest BCUT2D eigenvalue weighted by Crippen LogP contribution is -2.34. The van der Waals surface area contributed by atoms with Crippen molar-refractivity contribution in [2.45, 2.75) is 12.2 Å². The zero-order valence-corrected chi connectivity index (χ0v) is 20.8. The molecule has 0 saturated heterocycles. The second kappa shape index (κ2) is 12.5. The van der Waals surface area contributed by atoms with Crippen molar-refractivity contribution >= 4 is 45.2 Å². The van der Waals surface area contributed by atoms with Gasteiger partial charge in [0.25, 0.3) is 5.91 Å². The molecule has 36 heavy (non-hydrogen) atoms. The molecule has 10 heteroatoms. The van der Waals surface area contributed by atoms with Crippen molar-refractivity contribution < 1.29 is 29.0 Å². The summed E-state index contributed by atoms with van der Waals surface area (Å²) in [5.74, 6) is -1.35. The summed E-state index contributed by atoms with van der Waals surface area (Å²) < 4.78 is 11.6. The van der Waals surface area contributed by atoms with Gasteiger partial charge in [0, 0.05) is 28.8 Å². The molecular weight excluding hydrogens is 530 g/mol. The van der Waals surface area contributed by atoms with Crippen LogP contribution in [-0.2, 0) is 14.3 Å². The van der Waals surface area contributed by atoms with Gasteiger partial charge in [-0.2, -0.15) is 0 Å². The Hall–Kier alpha value is -4.15. The quantitative estimate of drug-likeness (QED) is 0.237. The Bertz CT molecular complexity index is 1270. The van der Waals surface area contributed by atoms with Crippen LogP contribution in [0.4, 0.5) is 16.2 Å². The van der Waals surface area contributed by atoms with Crippen molar-refractivity contribution in [1.82, 2.24) is 5.32 Å². The number of alkyl carbamates (subject to hydrolysis) is 1. The molecule has 0 heterocycles. The van der Waals surface area contributed by atoms with Crippen molar-refractivity contribution in [1.29, 1.82) is 0 Å². The van der Waals surface area contributed by atoms with Crippen molar-refractivity contribution in [3.63, 3.8) is 0 Å². The van der Waals surface area contributed by atoms with Crippen LogP contribution in [0.3, 0.4) is 0 Å². The average Bonchev–Trinajstić information content (AvgIpc) is 2.87. The van der Waals surface area contributed by atoms with E-state index in [0.29, 0.717) is 15.8 Å². The molecule has 0 spiro atoms. The van der Waals surface area contributed by atoms with Crippen molar-refractivity contribution in [3.8, 4) is 5.75 Å². The third-order valence-electron chi connectivity index (χ3n) is 5.01. The monoisotopic (exact) mass is 553 g/mol. The summed E-state index contributed by atoms with van der Waals surface area (Å²) in [7, 11) is 1.35. The number of nitrogens with one attached hydrogen (secondary N) is 2. The minimum absolute atomic E-state index is 0.178. The van der Waals surface area contributed by atoms with E-state index in [1.807, 2.05) is 0 Å². The highest BCUT2D eigenvalue weighted by molar-refractivity contribution is 9.10. The first-order chi connectivity index (χ1) is 17.3. The number of carbonyl (C=O) groups is 3. The Kier molecular flexibility index (Phi) is 9.20. The number of phenolic OH excluding ortho intramolecular Hbond substituents is 1. The van der Waals surface area contributed by atoms with Gasteiger partial charge in [0.2, 0.25) is 5.91 Å². The number of halogens is 1. The molecule has 9 nitrogen and oxygen atoms in total. The summed E-state index contributed by atoms with van der Waals surface area (Å²) in [6.07, 6.45) is -0.737. The molecule has 0 aliphatic rings. The number of para-hydroxylation sites is 2. The van der Waals surface area contributed by atoms with E-state index >= 15 is 0 Å². The molecule has 5 N–H and O–H groups in total. The van der Waals surface area contributed by atoms with Crippen LogP contribution in [0.5, 0.6) is 5.75 Å². The minimum atomic E-state index is -1.22. The molecular formula is C26H24BrN3O6. The standard InChI is InChI=1S/C26H24BrN3O6/c1-35-22(13-14-23(32)29-20-10-6-5-9-19(20)28)24(18-15-17(27)11-12-21(18)31)36-26(34)30-25(33)16-7-3-2-4-8-16/h2-15,22,24,31H,28H2,1H3,(H,29,32)(H,30,33,34)/b14-13+/t22-,24-/m0/s1. The first-order valence-electron chi connectivity index (χ1n) is 10.7. The number of hydrogen-bond acceptors (Lipinski definition) is 7. The highest BCUT2D eigenvalue weighted by Crippen LogP contribution is 2.33. The fourth-order valence-corrected chi connectivity index (χ4v) is 3.61. The number of amides is 3. The zero-order chi connectivity index (χ0) is 26.1. The first kappa shape index (κ1) is 26.5. The average molecular weight is 554 g/mol. The Balaban J connectivity index is 1.82. The molecule has 0 saturated carbocycles. The van der Waals surface area contributed by atoms with E-state index in [4.69, 9.17) is 15.2 Å². The van der Waals surface area contributed by atoms with E-state index < -0.39 is 30.1 Å². The van der Waals surface area contributed by atoms with Crippen LogP contribution < -0.4 is 16.4 Å². The normalized spacial score (nSPS) is 12.5. The SMILES string of the molecule is CO[C@@H](/C=C/C(=O)Nc1ccccc1N)[C@@H](OC(=O)NC(=O)c1ccccc1)c1cc(Br)ccc1O. The maximum atomic E-state index is 12.6. The highest BCUT2D eigenvalue weighted by Gasteiger charge is 2.29. The molecule has 3 aromatic carbocycles. The van der Waals surface area contributed by atoms with Crippen LogP contribution in [0.2, 0.25) is 0 Å². The van der Waals surface area contributed by atoms with Crippen LogP contribution in [0.1, 0.15) is 22.0 Å². The number of aromatic hydroxyl groups is 1. The highest BCUT2D eigenvalue weighted by atomic mass is 79.9. The van der Waals surface area contributed by atoms with Gasteiger partial charge in [-0.3, -0.25) is 14.9 Å². The first-order valence-corrected chi connectivity index (χ1v) is 11.5. The summed E-state index contributed by atoms with van der Waals surface area (Å²) >= 11 is 3.32. The fourth-order valence-electron chi connectivity index (χ4n) is 3.23. The molecule has 0 aliphatic heterocycles. The van der Waals surface area contributed by atoms with Crippen LogP contribution in [0, 0.1) is 0 Å². The molecule has 2 atom stereocenters. The molecule has 0 bridgehead atoms. The second-order valence-corrected chi connectivity index (χ2v) is 8.40. The summed E-state index contributed by atoms with van der Waals surface area (Å²) in [5, 5.41) is 15.2. The molecule has 3 amide bonds. The topological polar surface area (TPSA) is 140 Å². The minimum Gasteiger partial charge on any atom is -0.508 e. The van der Waals surface area contributed by atoms with Gasteiger partial charge in [0.05, 0.1) is 11.4 Å². The van der Waals surface area contributed by atoms with Gasteiger partial charge in [-0.05, 0) is 48.5 Å². The summed E-state index contributed by atoms with van der Waals surface area (Å²) in [6.45, 7) is 0. The molecule has 0 aliphatic carbocycles. The molecule has 0 fully saturated rings. The van der Waals surface area contributed by atoms with Crippen molar-refractivity contribution in [3.05, 3.63) is 101 Å². The number of ether oxygens (including phenoxy) is 2. The number of hydrogen-bond donors (Lipinski definition) is 4. The predicted octanol–water partition coefficient (Wildman–Crippen LogP) is 4.55. The van der Waals surface area contributed by atoms with E-state index in [2.05, 4.69) is 26.6 Å². The number of nitrogens with two attached hydrogens (primary N) is 1. The van der Waals surface area contributed by atoms with Gasteiger partial charge >= 0.3 is 6.09 Å². The third-order valence-corrected chi connectivity index (χ3v) is 5.50. The second-order valence-electron chi connectivity index (χ2n) is 7.49. The van der Waals surface area contributed by atoms with E-state index in [0.717, 1.165) is 0 Å². The third kappa shape index (κ3) is 7.17. The number of benzene rings is 3. The number of phenols is 1. The van der Waals surface area contributed by atoms with Crippen LogP contribution in [-0.4, -0.2) is 36.2 Å². The van der Waals surface area contributed by atoms with Gasteiger partial charge in [0.1, 0.15) is 11.9 Å². The summed E-state index contributed by atoms with van der Waals surface area (Å²) in [6, 6.07) is 19.4. The van der Waals surface area contributed by atoms with E-state index in [9.17, 15) is 19.5 Å². The maximum Gasteiger partial charge on any atom is 0.414 e. The van der Waals surface area contributed by atoms with Gasteiger partial charge in [-0.25, -0.2) is 4.79 Å². The fraction of sp³-hybridized carbons (Fsp3) is 0.115. The number of nitrogen functional groups attached to an aromatic ring is 1. The van der Waals surface area contributed by atoms with E-state index in [1.165, 1.54) is 31.4 Å². The van der Waals surface area contributed by atoms with Gasteiger partial charge in [0.15, 0.2) is 6.10 Å². The number of anilines is 2. The number of methoxy groups -OCH3 is 1. The lowest BCUT2D eigenvalue weighted by molar-refractivity contribution is -0.112. The summed E-state index contributed by atoms with van der Waals surface area (Å²) in [4.78, 5) is 37.5. The van der Waals surface area contributed by atoms with E-state index in [1.54, 1.807) is 60.7 Å². The summed E-state index contributed by atoms with van der Waals surface area (Å²) in [5.41, 5.74) is 7.13. The number of imide groups is 1. The molecule has 0 aromatic heterocycles. The van der Waals surface area contributed by atoms with Gasteiger partial charge in [-0.1, -0.05) is 46.3 Å². The predicted molar refractivity (Wildman–Crippen MR) is 138 cm³/mol. The van der Waals surface area contributed by atoms with E-state index in [-0.39, 0.29) is 16.9 Å². The molecule has 0 unspecified atom stereocenters. The molecule has 0 radical (unpaired) electrons. The Morgan fingerprint density at radius 3 is 2.42 bits per heavy atom. The van der Waals surface area contributed by atoms with Crippen LogP contribution in [0.15, 0.2) is 89.4 Å². The van der Waals surface area contributed by atoms with Crippen molar-refractivity contribution in [2.24, 2.45) is 0 Å². The largest absolute Gasteiger partial charge is 0.508 e. The number of rotatable bonds is 8. The molecule has 3 aromatic rings.